The van der Waals surface area contributed by atoms with Gasteiger partial charge in [0.05, 0.1) is 16.8 Å². The summed E-state index contributed by atoms with van der Waals surface area (Å²) in [7, 11) is 0. The van der Waals surface area contributed by atoms with E-state index in [1.54, 1.807) is 12.1 Å². The summed E-state index contributed by atoms with van der Waals surface area (Å²) in [5.74, 6) is -0.357. The van der Waals surface area contributed by atoms with Crippen molar-refractivity contribution in [2.24, 2.45) is 0 Å². The van der Waals surface area contributed by atoms with Crippen LogP contribution in [0.4, 0.5) is 10.1 Å². The van der Waals surface area contributed by atoms with E-state index in [2.05, 4.69) is 15.9 Å². The molecule has 1 aliphatic heterocycles. The molecule has 0 saturated carbocycles. The zero-order valence-corrected chi connectivity index (χ0v) is 18.6. The smallest absolute Gasteiger partial charge is 0.259 e. The average molecular weight is 475 g/mol. The summed E-state index contributed by atoms with van der Waals surface area (Å²) in [4.78, 5) is 20.5. The van der Waals surface area contributed by atoms with Gasteiger partial charge in [0.2, 0.25) is 0 Å². The van der Waals surface area contributed by atoms with Crippen LogP contribution in [0.2, 0.25) is 0 Å². The quantitative estimate of drug-likeness (QED) is 0.320. The third kappa shape index (κ3) is 3.63. The summed E-state index contributed by atoms with van der Waals surface area (Å²) < 4.78 is 14.8. The number of amides is 1. The molecule has 0 unspecified atom stereocenters. The van der Waals surface area contributed by atoms with Gasteiger partial charge >= 0.3 is 0 Å². The predicted molar refractivity (Wildman–Crippen MR) is 126 cm³/mol. The SMILES string of the molecule is C[C@@H]1CCc2cc(F)ccc2N1C(=O)c1cc(-c2ccc(Br)cc2)nc2ccccc12. The number of anilines is 1. The molecule has 0 spiro atoms. The van der Waals surface area contributed by atoms with Crippen LogP contribution in [0.5, 0.6) is 0 Å². The van der Waals surface area contributed by atoms with Crippen LogP contribution in [-0.4, -0.2) is 16.9 Å². The number of hydrogen-bond acceptors (Lipinski definition) is 2. The maximum Gasteiger partial charge on any atom is 0.259 e. The number of pyridine rings is 1. The lowest BCUT2D eigenvalue weighted by Gasteiger charge is -2.35. The third-order valence-corrected chi connectivity index (χ3v) is 6.41. The number of aromatic nitrogens is 1. The molecule has 1 atom stereocenters. The first kappa shape index (κ1) is 19.9. The van der Waals surface area contributed by atoms with Gasteiger partial charge in [-0.05, 0) is 67.8 Å². The molecule has 0 aliphatic carbocycles. The highest BCUT2D eigenvalue weighted by molar-refractivity contribution is 9.10. The van der Waals surface area contributed by atoms with Crippen LogP contribution in [0.15, 0.2) is 77.3 Å². The van der Waals surface area contributed by atoms with Gasteiger partial charge in [-0.25, -0.2) is 9.37 Å². The second-order valence-electron chi connectivity index (χ2n) is 7.91. The Labute approximate surface area is 188 Å². The Morgan fingerprint density at radius 3 is 2.65 bits per heavy atom. The first-order valence-electron chi connectivity index (χ1n) is 10.3. The third-order valence-electron chi connectivity index (χ3n) is 5.88. The van der Waals surface area contributed by atoms with Crippen LogP contribution in [0.3, 0.4) is 0 Å². The Hall–Kier alpha value is -3.05. The first-order chi connectivity index (χ1) is 15.0. The van der Waals surface area contributed by atoms with Crippen LogP contribution >= 0.6 is 15.9 Å². The van der Waals surface area contributed by atoms with Crippen molar-refractivity contribution in [1.82, 2.24) is 4.98 Å². The summed E-state index contributed by atoms with van der Waals surface area (Å²) in [5.41, 5.74) is 4.73. The zero-order chi connectivity index (χ0) is 21.5. The second kappa shape index (κ2) is 7.89. The average Bonchev–Trinajstić information content (AvgIpc) is 2.78. The Balaban J connectivity index is 1.68. The van der Waals surface area contributed by atoms with Crippen molar-refractivity contribution in [2.45, 2.75) is 25.8 Å². The minimum Gasteiger partial charge on any atom is -0.305 e. The lowest BCUT2D eigenvalue weighted by molar-refractivity contribution is 0.0976. The van der Waals surface area contributed by atoms with E-state index >= 15 is 0 Å². The van der Waals surface area contributed by atoms with Gasteiger partial charge in [0.1, 0.15) is 5.82 Å². The molecular weight excluding hydrogens is 455 g/mol. The van der Waals surface area contributed by atoms with Crippen molar-refractivity contribution in [3.8, 4) is 11.3 Å². The Morgan fingerprint density at radius 1 is 1.06 bits per heavy atom. The van der Waals surface area contributed by atoms with Gasteiger partial charge in [0.15, 0.2) is 0 Å². The topological polar surface area (TPSA) is 33.2 Å². The van der Waals surface area contributed by atoms with Crippen LogP contribution in [-0.2, 0) is 6.42 Å². The number of hydrogen-bond donors (Lipinski definition) is 0. The van der Waals surface area contributed by atoms with Gasteiger partial charge < -0.3 is 4.90 Å². The summed E-state index contributed by atoms with van der Waals surface area (Å²) in [5, 5.41) is 0.815. The minimum atomic E-state index is -0.271. The molecule has 0 bridgehead atoms. The first-order valence-corrected chi connectivity index (χ1v) is 11.1. The highest BCUT2D eigenvalue weighted by Gasteiger charge is 2.30. The second-order valence-corrected chi connectivity index (χ2v) is 8.83. The number of fused-ring (bicyclic) bond motifs is 2. The van der Waals surface area contributed by atoms with Gasteiger partial charge in [-0.15, -0.1) is 0 Å². The molecule has 5 heteroatoms. The molecular formula is C26H20BrFN2O. The van der Waals surface area contributed by atoms with Gasteiger partial charge in [0, 0.05) is 27.2 Å². The zero-order valence-electron chi connectivity index (χ0n) is 17.0. The van der Waals surface area contributed by atoms with Crippen molar-refractivity contribution in [3.63, 3.8) is 0 Å². The molecule has 3 aromatic carbocycles. The van der Waals surface area contributed by atoms with Crippen LogP contribution in [0.25, 0.3) is 22.2 Å². The number of rotatable bonds is 2. The number of halogens is 2. The molecule has 1 amide bonds. The van der Waals surface area contributed by atoms with E-state index in [9.17, 15) is 9.18 Å². The fourth-order valence-electron chi connectivity index (χ4n) is 4.28. The van der Waals surface area contributed by atoms with Gasteiger partial charge in [-0.2, -0.15) is 0 Å². The molecule has 0 radical (unpaired) electrons. The number of aryl methyl sites for hydroxylation is 1. The van der Waals surface area contributed by atoms with E-state index in [0.717, 1.165) is 50.7 Å². The molecule has 3 nitrogen and oxygen atoms in total. The van der Waals surface area contributed by atoms with Gasteiger partial charge in [-0.3, -0.25) is 4.79 Å². The number of benzene rings is 3. The number of carbonyl (C=O) groups is 1. The molecule has 0 fully saturated rings. The molecule has 4 aromatic rings. The van der Waals surface area contributed by atoms with Crippen molar-refractivity contribution in [2.75, 3.05) is 4.90 Å². The molecule has 1 aromatic heterocycles. The van der Waals surface area contributed by atoms with E-state index in [4.69, 9.17) is 4.98 Å². The lowest BCUT2D eigenvalue weighted by Crippen LogP contribution is -2.42. The van der Waals surface area contributed by atoms with Crippen molar-refractivity contribution >= 4 is 38.4 Å². The number of carbonyl (C=O) groups excluding carboxylic acids is 1. The summed E-state index contributed by atoms with van der Waals surface area (Å²) >= 11 is 3.47. The minimum absolute atomic E-state index is 0.0218. The maximum atomic E-state index is 13.9. The maximum absolute atomic E-state index is 13.9. The molecule has 0 saturated heterocycles. The summed E-state index contributed by atoms with van der Waals surface area (Å²) in [6.07, 6.45) is 1.56. The predicted octanol–water partition coefficient (Wildman–Crippen LogP) is 6.78. The van der Waals surface area contributed by atoms with Crippen LogP contribution < -0.4 is 4.90 Å². The Kier molecular flexibility index (Phi) is 5.06. The van der Waals surface area contributed by atoms with E-state index in [0.29, 0.717) is 5.56 Å². The van der Waals surface area contributed by atoms with Crippen LogP contribution in [0, 0.1) is 5.82 Å². The largest absolute Gasteiger partial charge is 0.305 e. The van der Waals surface area contributed by atoms with E-state index in [1.165, 1.54) is 6.07 Å². The van der Waals surface area contributed by atoms with Crippen LogP contribution in [0.1, 0.15) is 29.3 Å². The highest BCUT2D eigenvalue weighted by atomic mass is 79.9. The number of nitrogens with zero attached hydrogens (tertiary/aromatic N) is 2. The van der Waals surface area contributed by atoms with Crippen molar-refractivity contribution < 1.29 is 9.18 Å². The Bertz CT molecular complexity index is 1300. The fraction of sp³-hybridized carbons (Fsp3) is 0.154. The normalized spacial score (nSPS) is 15.7. The fourth-order valence-corrected chi connectivity index (χ4v) is 4.54. The van der Waals surface area contributed by atoms with E-state index in [1.807, 2.05) is 66.4 Å². The van der Waals surface area contributed by atoms with E-state index < -0.39 is 0 Å². The van der Waals surface area contributed by atoms with Crippen molar-refractivity contribution in [3.05, 3.63) is 94.2 Å². The van der Waals surface area contributed by atoms with Gasteiger partial charge in [-0.1, -0.05) is 46.3 Å². The lowest BCUT2D eigenvalue weighted by atomic mass is 9.94. The summed E-state index contributed by atoms with van der Waals surface area (Å²) in [6.45, 7) is 2.04. The Morgan fingerprint density at radius 2 is 1.84 bits per heavy atom. The standard InChI is InChI=1S/C26H20BrFN2O/c1-16-6-7-18-14-20(28)12-13-25(18)30(16)26(31)22-15-24(17-8-10-19(27)11-9-17)29-23-5-3-2-4-21(22)23/h2-5,8-16H,6-7H2,1H3/t16-/m1/s1. The molecule has 5 rings (SSSR count). The molecule has 31 heavy (non-hydrogen) atoms. The number of para-hydroxylation sites is 1. The summed E-state index contributed by atoms with van der Waals surface area (Å²) in [6, 6.07) is 22.2. The monoisotopic (exact) mass is 474 g/mol. The molecule has 1 aliphatic rings. The molecule has 2 heterocycles. The van der Waals surface area contributed by atoms with E-state index in [-0.39, 0.29) is 17.8 Å². The highest BCUT2D eigenvalue weighted by Crippen LogP contribution is 2.34. The molecule has 154 valence electrons. The van der Waals surface area contributed by atoms with Gasteiger partial charge in [0.25, 0.3) is 5.91 Å². The van der Waals surface area contributed by atoms with Crippen molar-refractivity contribution in [1.29, 1.82) is 0 Å². The molecule has 0 N–H and O–H groups in total.